The lowest BCUT2D eigenvalue weighted by Crippen LogP contribution is -2.57. The van der Waals surface area contributed by atoms with Crippen LogP contribution in [-0.4, -0.2) is 49.0 Å². The number of likely N-dealkylation sites (N-methyl/N-ethyl adjacent to an activating group) is 1. The number of hydrogen-bond acceptors (Lipinski definition) is 3. The largest absolute Gasteiger partial charge is 0.391 e. The number of methoxy groups -OCH3 is 1. The highest BCUT2D eigenvalue weighted by Gasteiger charge is 2.53. The summed E-state index contributed by atoms with van der Waals surface area (Å²) in [5, 5.41) is 11.0. The van der Waals surface area contributed by atoms with Crippen molar-refractivity contribution in [1.29, 1.82) is 0 Å². The lowest BCUT2D eigenvalue weighted by atomic mass is 9.48. The lowest BCUT2D eigenvalue weighted by Gasteiger charge is -2.59. The van der Waals surface area contributed by atoms with Gasteiger partial charge in [-0.2, -0.15) is 0 Å². The van der Waals surface area contributed by atoms with Crippen molar-refractivity contribution in [1.82, 2.24) is 4.90 Å². The van der Waals surface area contributed by atoms with Crippen LogP contribution in [0.3, 0.4) is 0 Å². The van der Waals surface area contributed by atoms with Crippen molar-refractivity contribution in [3.8, 4) is 0 Å². The van der Waals surface area contributed by atoms with Crippen molar-refractivity contribution in [3.63, 3.8) is 0 Å². The van der Waals surface area contributed by atoms with Gasteiger partial charge in [0.1, 0.15) is 0 Å². The molecule has 3 nitrogen and oxygen atoms in total. The molecule has 0 heterocycles. The molecule has 0 spiro atoms. The van der Waals surface area contributed by atoms with Gasteiger partial charge in [-0.15, -0.1) is 0 Å². The lowest BCUT2D eigenvalue weighted by molar-refractivity contribution is -0.121. The standard InChI is InChI=1S/C23H43NO2/c1-5-8-17-9-7-10-19-18(17)11-12-23(3)16-22(25)21(15-20(19)23)24(6-2)13-14-26-4/h17-22,25H,5-16H2,1-4H3/t17?,18?,19?,20?,21-,22?,23?/m0/s1. The number of rotatable bonds is 7. The van der Waals surface area contributed by atoms with Crippen LogP contribution in [0.25, 0.3) is 0 Å². The highest BCUT2D eigenvalue weighted by Crippen LogP contribution is 2.59. The normalized spacial score (nSPS) is 43.2. The average Bonchev–Trinajstić information content (AvgIpc) is 2.62. The van der Waals surface area contributed by atoms with Gasteiger partial charge in [-0.1, -0.05) is 46.5 Å². The fraction of sp³-hybridized carbons (Fsp3) is 1.00. The Balaban J connectivity index is 1.77. The fourth-order valence-electron chi connectivity index (χ4n) is 7.17. The molecule has 152 valence electrons. The van der Waals surface area contributed by atoms with Crippen LogP contribution in [0.4, 0.5) is 0 Å². The van der Waals surface area contributed by atoms with E-state index in [1.54, 1.807) is 7.11 Å². The molecule has 1 N–H and O–H groups in total. The summed E-state index contributed by atoms with van der Waals surface area (Å²) >= 11 is 0. The molecule has 3 aliphatic carbocycles. The summed E-state index contributed by atoms with van der Waals surface area (Å²) in [5.74, 6) is 3.66. The zero-order valence-electron chi connectivity index (χ0n) is 17.8. The van der Waals surface area contributed by atoms with Gasteiger partial charge >= 0.3 is 0 Å². The first-order valence-electron chi connectivity index (χ1n) is 11.4. The zero-order chi connectivity index (χ0) is 18.7. The second kappa shape index (κ2) is 8.92. The van der Waals surface area contributed by atoms with Crippen molar-refractivity contribution >= 4 is 0 Å². The third kappa shape index (κ3) is 4.00. The molecule has 0 aromatic heterocycles. The van der Waals surface area contributed by atoms with E-state index in [1.807, 2.05) is 0 Å². The second-order valence-corrected chi connectivity index (χ2v) is 9.80. The number of aliphatic hydroxyl groups excluding tert-OH is 1. The van der Waals surface area contributed by atoms with Crippen LogP contribution in [0, 0.1) is 29.1 Å². The Morgan fingerprint density at radius 1 is 1.15 bits per heavy atom. The van der Waals surface area contributed by atoms with E-state index in [2.05, 4.69) is 25.7 Å². The Bertz CT molecular complexity index is 440. The first-order chi connectivity index (χ1) is 12.5. The molecule has 0 aromatic rings. The van der Waals surface area contributed by atoms with Crippen LogP contribution in [-0.2, 0) is 4.74 Å². The van der Waals surface area contributed by atoms with E-state index < -0.39 is 0 Å². The maximum Gasteiger partial charge on any atom is 0.0700 e. The molecule has 0 aliphatic heterocycles. The Kier molecular flexibility index (Phi) is 7.07. The van der Waals surface area contributed by atoms with Crippen LogP contribution >= 0.6 is 0 Å². The van der Waals surface area contributed by atoms with E-state index in [0.29, 0.717) is 11.5 Å². The van der Waals surface area contributed by atoms with Gasteiger partial charge in [-0.05, 0) is 67.7 Å². The number of hydrogen-bond donors (Lipinski definition) is 1. The van der Waals surface area contributed by atoms with Crippen molar-refractivity contribution in [2.45, 2.75) is 90.7 Å². The smallest absolute Gasteiger partial charge is 0.0700 e. The molecule has 3 aliphatic rings. The molecule has 3 saturated carbocycles. The highest BCUT2D eigenvalue weighted by molar-refractivity contribution is 5.04. The zero-order valence-corrected chi connectivity index (χ0v) is 17.8. The predicted molar refractivity (Wildman–Crippen MR) is 108 cm³/mol. The van der Waals surface area contributed by atoms with Crippen LogP contribution in [0.5, 0.6) is 0 Å². The van der Waals surface area contributed by atoms with Gasteiger partial charge < -0.3 is 9.84 Å². The fourth-order valence-corrected chi connectivity index (χ4v) is 7.17. The molecule has 3 rings (SSSR count). The topological polar surface area (TPSA) is 32.7 Å². The van der Waals surface area contributed by atoms with Gasteiger partial charge in [0.05, 0.1) is 12.7 Å². The Labute approximate surface area is 161 Å². The van der Waals surface area contributed by atoms with E-state index in [9.17, 15) is 5.11 Å². The molecule has 0 amide bonds. The molecular formula is C23H43NO2. The van der Waals surface area contributed by atoms with Gasteiger partial charge in [0.2, 0.25) is 0 Å². The summed E-state index contributed by atoms with van der Waals surface area (Å²) in [6, 6.07) is 0.332. The van der Waals surface area contributed by atoms with Crippen molar-refractivity contribution in [3.05, 3.63) is 0 Å². The molecule has 6 unspecified atom stereocenters. The summed E-state index contributed by atoms with van der Waals surface area (Å²) in [6.45, 7) is 9.83. The van der Waals surface area contributed by atoms with Crippen LogP contribution < -0.4 is 0 Å². The summed E-state index contributed by atoms with van der Waals surface area (Å²) in [7, 11) is 1.78. The molecule has 7 atom stereocenters. The van der Waals surface area contributed by atoms with Crippen LogP contribution in [0.1, 0.15) is 78.6 Å². The van der Waals surface area contributed by atoms with Gasteiger partial charge in [0.25, 0.3) is 0 Å². The van der Waals surface area contributed by atoms with Crippen molar-refractivity contribution in [2.75, 3.05) is 26.8 Å². The molecule has 0 radical (unpaired) electrons. The Hall–Kier alpha value is -0.120. The quantitative estimate of drug-likeness (QED) is 0.708. The van der Waals surface area contributed by atoms with E-state index in [4.69, 9.17) is 4.74 Å². The van der Waals surface area contributed by atoms with Crippen LogP contribution in [0.15, 0.2) is 0 Å². The molecule has 0 saturated heterocycles. The first kappa shape index (κ1) is 20.6. The van der Waals surface area contributed by atoms with Crippen molar-refractivity contribution in [2.24, 2.45) is 29.1 Å². The summed E-state index contributed by atoms with van der Waals surface area (Å²) < 4.78 is 5.33. The van der Waals surface area contributed by atoms with E-state index in [-0.39, 0.29) is 6.10 Å². The average molecular weight is 366 g/mol. The minimum Gasteiger partial charge on any atom is -0.391 e. The van der Waals surface area contributed by atoms with Crippen LogP contribution in [0.2, 0.25) is 0 Å². The van der Waals surface area contributed by atoms with E-state index >= 15 is 0 Å². The third-order valence-corrected chi connectivity index (χ3v) is 8.46. The highest BCUT2D eigenvalue weighted by atomic mass is 16.5. The van der Waals surface area contributed by atoms with Gasteiger partial charge in [-0.3, -0.25) is 4.90 Å². The Morgan fingerprint density at radius 2 is 1.96 bits per heavy atom. The molecule has 3 heteroatoms. The predicted octanol–water partition coefficient (Wildman–Crippen LogP) is 4.73. The molecule has 26 heavy (non-hydrogen) atoms. The molecule has 0 bridgehead atoms. The SMILES string of the molecule is CCCC1CCCC2C1CCC1(C)CC(O)[C@@H](N(CC)CCOC)CC21. The number of ether oxygens (including phenoxy) is 1. The van der Waals surface area contributed by atoms with E-state index in [0.717, 1.165) is 49.8 Å². The molecule has 0 aromatic carbocycles. The second-order valence-electron chi connectivity index (χ2n) is 9.80. The number of nitrogens with zero attached hydrogens (tertiary/aromatic N) is 1. The molecular weight excluding hydrogens is 322 g/mol. The van der Waals surface area contributed by atoms with E-state index in [1.165, 1.54) is 51.4 Å². The van der Waals surface area contributed by atoms with Crippen molar-refractivity contribution < 1.29 is 9.84 Å². The maximum absolute atomic E-state index is 11.0. The van der Waals surface area contributed by atoms with Gasteiger partial charge in [0.15, 0.2) is 0 Å². The monoisotopic (exact) mass is 365 g/mol. The first-order valence-corrected chi connectivity index (χ1v) is 11.4. The summed E-state index contributed by atoms with van der Waals surface area (Å²) in [4.78, 5) is 2.49. The van der Waals surface area contributed by atoms with Gasteiger partial charge in [0, 0.05) is 19.7 Å². The van der Waals surface area contributed by atoms with Gasteiger partial charge in [-0.25, -0.2) is 0 Å². The summed E-state index contributed by atoms with van der Waals surface area (Å²) in [5.41, 5.74) is 0.367. The number of fused-ring (bicyclic) bond motifs is 3. The maximum atomic E-state index is 11.0. The minimum absolute atomic E-state index is 0.167. The Morgan fingerprint density at radius 3 is 2.65 bits per heavy atom. The summed E-state index contributed by atoms with van der Waals surface area (Å²) in [6.07, 6.45) is 11.9. The third-order valence-electron chi connectivity index (χ3n) is 8.46. The number of aliphatic hydroxyl groups is 1. The molecule has 3 fully saturated rings. The minimum atomic E-state index is -0.167.